The average Bonchev–Trinajstić information content (AvgIpc) is 2.38. The second-order valence-electron chi connectivity index (χ2n) is 5.25. The largest absolute Gasteiger partial charge is 0.379 e. The number of hydrogen-bond donors (Lipinski definition) is 1. The summed E-state index contributed by atoms with van der Waals surface area (Å²) < 4.78 is 28.6. The lowest BCUT2D eigenvalue weighted by molar-refractivity contribution is 0.0272. The zero-order valence-electron chi connectivity index (χ0n) is 11.4. The van der Waals surface area contributed by atoms with Gasteiger partial charge >= 0.3 is 0 Å². The summed E-state index contributed by atoms with van der Waals surface area (Å²) in [6, 6.07) is 4.29. The van der Waals surface area contributed by atoms with Crippen molar-refractivity contribution < 1.29 is 17.9 Å². The molecular weight excluding hydrogens is 382 g/mol. The standard InChI is InChI=1S/C13H15BrClNO4S/c1-13(5-2-6-20-8-13)16-12(17)9-3-4-10(14)11(7-9)21(15,18)19/h3-4,7H,2,5-6,8H2,1H3,(H,16,17). The van der Waals surface area contributed by atoms with Gasteiger partial charge in [-0.15, -0.1) is 0 Å². The van der Waals surface area contributed by atoms with E-state index in [0.29, 0.717) is 17.7 Å². The van der Waals surface area contributed by atoms with E-state index in [-0.39, 0.29) is 16.4 Å². The van der Waals surface area contributed by atoms with Gasteiger partial charge < -0.3 is 10.1 Å². The highest BCUT2D eigenvalue weighted by molar-refractivity contribution is 9.10. The first-order chi connectivity index (χ1) is 9.71. The molecule has 0 radical (unpaired) electrons. The number of rotatable bonds is 3. The summed E-state index contributed by atoms with van der Waals surface area (Å²) >= 11 is 3.11. The van der Waals surface area contributed by atoms with Gasteiger partial charge in [0.05, 0.1) is 17.0 Å². The van der Waals surface area contributed by atoms with Crippen LogP contribution in [0.2, 0.25) is 0 Å². The van der Waals surface area contributed by atoms with Gasteiger partial charge in [-0.25, -0.2) is 8.42 Å². The third-order valence-electron chi connectivity index (χ3n) is 3.31. The number of carbonyl (C=O) groups excluding carboxylic acids is 1. The minimum atomic E-state index is -3.92. The van der Waals surface area contributed by atoms with Crippen LogP contribution in [0.3, 0.4) is 0 Å². The van der Waals surface area contributed by atoms with Crippen LogP contribution in [0, 0.1) is 0 Å². The van der Waals surface area contributed by atoms with Gasteiger partial charge in [-0.1, -0.05) is 0 Å². The molecule has 1 aliphatic rings. The van der Waals surface area contributed by atoms with Crippen LogP contribution in [0.4, 0.5) is 0 Å². The fourth-order valence-corrected chi connectivity index (χ4v) is 4.33. The van der Waals surface area contributed by atoms with Gasteiger partial charge in [-0.2, -0.15) is 0 Å². The fraction of sp³-hybridized carbons (Fsp3) is 0.462. The summed E-state index contributed by atoms with van der Waals surface area (Å²) in [5, 5.41) is 2.89. The van der Waals surface area contributed by atoms with E-state index in [4.69, 9.17) is 15.4 Å². The summed E-state index contributed by atoms with van der Waals surface area (Å²) in [4.78, 5) is 12.2. The minimum Gasteiger partial charge on any atom is -0.379 e. The van der Waals surface area contributed by atoms with E-state index >= 15 is 0 Å². The molecule has 116 valence electrons. The summed E-state index contributed by atoms with van der Waals surface area (Å²) in [6.07, 6.45) is 1.69. The van der Waals surface area contributed by atoms with Gasteiger partial charge in [0.15, 0.2) is 0 Å². The maximum atomic E-state index is 12.3. The molecule has 0 spiro atoms. The number of carbonyl (C=O) groups is 1. The van der Waals surface area contributed by atoms with Crippen LogP contribution in [0.15, 0.2) is 27.6 Å². The molecule has 5 nitrogen and oxygen atoms in total. The Kier molecular flexibility index (Phi) is 4.97. The second kappa shape index (κ2) is 6.24. The molecular formula is C13H15BrClNO4S. The Hall–Kier alpha value is -0.630. The molecule has 1 heterocycles. The van der Waals surface area contributed by atoms with Gasteiger partial charge in [0.1, 0.15) is 0 Å². The Bertz CT molecular complexity index is 656. The first-order valence-corrected chi connectivity index (χ1v) is 9.46. The van der Waals surface area contributed by atoms with E-state index in [1.165, 1.54) is 18.2 Å². The molecule has 2 rings (SSSR count). The summed E-state index contributed by atoms with van der Waals surface area (Å²) in [5.74, 6) is -0.350. The second-order valence-corrected chi connectivity index (χ2v) is 8.64. The van der Waals surface area contributed by atoms with Crippen LogP contribution in [0.25, 0.3) is 0 Å². The zero-order chi connectivity index (χ0) is 15.7. The maximum Gasteiger partial charge on any atom is 0.262 e. The lowest BCUT2D eigenvalue weighted by Gasteiger charge is -2.34. The molecule has 1 amide bonds. The van der Waals surface area contributed by atoms with Crippen molar-refractivity contribution in [2.75, 3.05) is 13.2 Å². The van der Waals surface area contributed by atoms with Crippen molar-refractivity contribution in [2.45, 2.75) is 30.2 Å². The van der Waals surface area contributed by atoms with Crippen LogP contribution < -0.4 is 5.32 Å². The highest BCUT2D eigenvalue weighted by atomic mass is 79.9. The molecule has 1 aromatic rings. The predicted molar refractivity (Wildman–Crippen MR) is 83.1 cm³/mol. The molecule has 0 aromatic heterocycles. The highest BCUT2D eigenvalue weighted by Gasteiger charge is 2.30. The van der Waals surface area contributed by atoms with E-state index in [1.54, 1.807) is 0 Å². The molecule has 0 bridgehead atoms. The number of amides is 1. The van der Waals surface area contributed by atoms with Gasteiger partial charge in [-0.05, 0) is 53.9 Å². The van der Waals surface area contributed by atoms with Crippen molar-refractivity contribution in [1.82, 2.24) is 5.32 Å². The van der Waals surface area contributed by atoms with Crippen molar-refractivity contribution in [3.8, 4) is 0 Å². The van der Waals surface area contributed by atoms with E-state index in [9.17, 15) is 13.2 Å². The molecule has 8 heteroatoms. The molecule has 0 saturated carbocycles. The SMILES string of the molecule is CC1(NC(=O)c2ccc(Br)c(S(=O)(=O)Cl)c2)CCCOC1. The van der Waals surface area contributed by atoms with Gasteiger partial charge in [0.25, 0.3) is 15.0 Å². The zero-order valence-corrected chi connectivity index (χ0v) is 14.5. The summed E-state index contributed by atoms with van der Waals surface area (Å²) in [5.41, 5.74) is -0.202. The van der Waals surface area contributed by atoms with Crippen LogP contribution in [0.1, 0.15) is 30.1 Å². The molecule has 1 fully saturated rings. The average molecular weight is 397 g/mol. The molecule has 1 aliphatic heterocycles. The number of hydrogen-bond acceptors (Lipinski definition) is 4. The quantitative estimate of drug-likeness (QED) is 0.797. The third kappa shape index (κ3) is 4.18. The van der Waals surface area contributed by atoms with Crippen LogP contribution >= 0.6 is 26.6 Å². The Morgan fingerprint density at radius 1 is 1.48 bits per heavy atom. The molecule has 1 N–H and O–H groups in total. The van der Waals surface area contributed by atoms with Crippen molar-refractivity contribution in [3.05, 3.63) is 28.2 Å². The van der Waals surface area contributed by atoms with Crippen molar-refractivity contribution in [3.63, 3.8) is 0 Å². The van der Waals surface area contributed by atoms with E-state index < -0.39 is 14.6 Å². The summed E-state index contributed by atoms with van der Waals surface area (Å²) in [7, 11) is 1.43. The first kappa shape index (κ1) is 16.7. The number of halogens is 2. The number of benzene rings is 1. The third-order valence-corrected chi connectivity index (χ3v) is 5.63. The van der Waals surface area contributed by atoms with Gasteiger partial charge in [-0.3, -0.25) is 4.79 Å². The van der Waals surface area contributed by atoms with Crippen LogP contribution in [0.5, 0.6) is 0 Å². The first-order valence-electron chi connectivity index (χ1n) is 6.36. The maximum absolute atomic E-state index is 12.3. The van der Waals surface area contributed by atoms with E-state index in [1.807, 2.05) is 6.92 Å². The minimum absolute atomic E-state index is 0.123. The van der Waals surface area contributed by atoms with Gasteiger partial charge in [0.2, 0.25) is 0 Å². The van der Waals surface area contributed by atoms with E-state index in [2.05, 4.69) is 21.2 Å². The highest BCUT2D eigenvalue weighted by Crippen LogP contribution is 2.27. The number of ether oxygens (including phenoxy) is 1. The topological polar surface area (TPSA) is 72.5 Å². The van der Waals surface area contributed by atoms with Crippen LogP contribution in [-0.2, 0) is 13.8 Å². The summed E-state index contributed by atoms with van der Waals surface area (Å²) in [6.45, 7) is 3.04. The predicted octanol–water partition coefficient (Wildman–Crippen LogP) is 2.68. The molecule has 21 heavy (non-hydrogen) atoms. The van der Waals surface area contributed by atoms with Crippen molar-refractivity contribution in [2.24, 2.45) is 0 Å². The van der Waals surface area contributed by atoms with Crippen LogP contribution in [-0.4, -0.2) is 33.1 Å². The van der Waals surface area contributed by atoms with Gasteiger partial charge in [0, 0.05) is 27.3 Å². The number of nitrogens with one attached hydrogen (secondary N) is 1. The Balaban J connectivity index is 2.24. The Labute approximate surface area is 136 Å². The van der Waals surface area contributed by atoms with Crippen molar-refractivity contribution in [1.29, 1.82) is 0 Å². The van der Waals surface area contributed by atoms with E-state index in [0.717, 1.165) is 12.8 Å². The molecule has 1 saturated heterocycles. The normalized spacial score (nSPS) is 22.8. The molecule has 0 aliphatic carbocycles. The lowest BCUT2D eigenvalue weighted by atomic mass is 9.94. The molecule has 1 unspecified atom stereocenters. The monoisotopic (exact) mass is 395 g/mol. The lowest BCUT2D eigenvalue weighted by Crippen LogP contribution is -2.51. The Morgan fingerprint density at radius 2 is 2.19 bits per heavy atom. The molecule has 1 aromatic carbocycles. The smallest absolute Gasteiger partial charge is 0.262 e. The molecule has 1 atom stereocenters. The fourth-order valence-electron chi connectivity index (χ4n) is 2.21. The Morgan fingerprint density at radius 3 is 2.76 bits per heavy atom. The van der Waals surface area contributed by atoms with Crippen molar-refractivity contribution >= 4 is 41.6 Å².